The third-order valence-corrected chi connectivity index (χ3v) is 2.63. The molecule has 2 aromatic rings. The Morgan fingerprint density at radius 3 is 2.24 bits per heavy atom. The quantitative estimate of drug-likeness (QED) is 0.811. The highest BCUT2D eigenvalue weighted by molar-refractivity contribution is 5.33. The first-order chi connectivity index (χ1) is 8.04. The molecule has 3 nitrogen and oxygen atoms in total. The van der Waals surface area contributed by atoms with Crippen molar-refractivity contribution in [1.82, 2.24) is 4.98 Å². The van der Waals surface area contributed by atoms with E-state index in [1.807, 2.05) is 26.0 Å². The van der Waals surface area contributed by atoms with Crippen LogP contribution in [0.25, 0.3) is 0 Å². The molecule has 90 valence electrons. The summed E-state index contributed by atoms with van der Waals surface area (Å²) in [6.07, 6.45) is 0. The minimum atomic E-state index is 0.373. The van der Waals surface area contributed by atoms with E-state index in [-0.39, 0.29) is 0 Å². The number of aromatic nitrogens is 1. The molecule has 0 N–H and O–H groups in total. The van der Waals surface area contributed by atoms with Crippen LogP contribution in [0.4, 0.5) is 0 Å². The van der Waals surface area contributed by atoms with E-state index in [0.29, 0.717) is 12.5 Å². The minimum Gasteiger partial charge on any atom is -0.484 e. The van der Waals surface area contributed by atoms with Crippen LogP contribution in [0.3, 0.4) is 0 Å². The van der Waals surface area contributed by atoms with Gasteiger partial charge in [-0.15, -0.1) is 0 Å². The lowest BCUT2D eigenvalue weighted by Gasteiger charge is -2.05. The second kappa shape index (κ2) is 4.62. The van der Waals surface area contributed by atoms with Crippen molar-refractivity contribution in [1.29, 1.82) is 0 Å². The molecule has 0 fully saturated rings. The largest absolute Gasteiger partial charge is 0.484 e. The lowest BCUT2D eigenvalue weighted by molar-refractivity contribution is 0.260. The number of hydrogen-bond acceptors (Lipinski definition) is 3. The van der Waals surface area contributed by atoms with Gasteiger partial charge < -0.3 is 9.15 Å². The maximum atomic E-state index is 5.67. The first kappa shape index (κ1) is 11.7. The Morgan fingerprint density at radius 1 is 1.06 bits per heavy atom. The molecule has 0 saturated heterocycles. The molecule has 0 saturated carbocycles. The average Bonchev–Trinajstić information content (AvgIpc) is 2.54. The zero-order valence-corrected chi connectivity index (χ0v) is 10.7. The third kappa shape index (κ3) is 2.87. The van der Waals surface area contributed by atoms with Gasteiger partial charge in [0.1, 0.15) is 11.5 Å². The van der Waals surface area contributed by atoms with Gasteiger partial charge in [-0.05, 0) is 51.0 Å². The second-order valence-corrected chi connectivity index (χ2v) is 4.36. The molecule has 3 heteroatoms. The van der Waals surface area contributed by atoms with E-state index in [4.69, 9.17) is 9.15 Å². The summed E-state index contributed by atoms with van der Waals surface area (Å²) in [6, 6.07) is 6.14. The van der Waals surface area contributed by atoms with Crippen molar-refractivity contribution in [3.05, 3.63) is 46.7 Å². The van der Waals surface area contributed by atoms with Gasteiger partial charge in [-0.3, -0.25) is 0 Å². The van der Waals surface area contributed by atoms with Gasteiger partial charge in [-0.2, -0.15) is 0 Å². The lowest BCUT2D eigenvalue weighted by Crippen LogP contribution is -1.96. The Labute approximate surface area is 101 Å². The fourth-order valence-corrected chi connectivity index (χ4v) is 1.76. The van der Waals surface area contributed by atoms with Crippen molar-refractivity contribution >= 4 is 0 Å². The van der Waals surface area contributed by atoms with E-state index >= 15 is 0 Å². The van der Waals surface area contributed by atoms with Gasteiger partial charge in [0.25, 0.3) is 0 Å². The van der Waals surface area contributed by atoms with Crippen LogP contribution >= 0.6 is 0 Å². The van der Waals surface area contributed by atoms with Gasteiger partial charge in [0.15, 0.2) is 6.61 Å². The normalized spacial score (nSPS) is 10.6. The first-order valence-corrected chi connectivity index (χ1v) is 5.68. The molecule has 1 heterocycles. The number of aryl methyl sites for hydroxylation is 4. The van der Waals surface area contributed by atoms with Crippen molar-refractivity contribution in [3.63, 3.8) is 0 Å². The van der Waals surface area contributed by atoms with Crippen molar-refractivity contribution in [2.24, 2.45) is 0 Å². The van der Waals surface area contributed by atoms with E-state index in [2.05, 4.69) is 24.9 Å². The van der Waals surface area contributed by atoms with Gasteiger partial charge in [-0.25, -0.2) is 4.98 Å². The van der Waals surface area contributed by atoms with Crippen LogP contribution < -0.4 is 4.74 Å². The molecule has 0 spiro atoms. The van der Waals surface area contributed by atoms with Crippen LogP contribution in [0.15, 0.2) is 22.6 Å². The lowest BCUT2D eigenvalue weighted by atomic mass is 10.1. The maximum absolute atomic E-state index is 5.67. The molecule has 0 aliphatic heterocycles. The molecule has 0 aliphatic carbocycles. The van der Waals surface area contributed by atoms with Gasteiger partial charge in [0.05, 0.1) is 5.69 Å². The van der Waals surface area contributed by atoms with Crippen LogP contribution in [-0.4, -0.2) is 4.98 Å². The molecule has 0 aliphatic rings. The van der Waals surface area contributed by atoms with Crippen molar-refractivity contribution in [3.8, 4) is 5.75 Å². The molecule has 0 atom stereocenters. The smallest absolute Gasteiger partial charge is 0.232 e. The van der Waals surface area contributed by atoms with Gasteiger partial charge in [0.2, 0.25) is 5.89 Å². The summed E-state index contributed by atoms with van der Waals surface area (Å²) in [4.78, 5) is 4.28. The van der Waals surface area contributed by atoms with Crippen LogP contribution in [0.5, 0.6) is 5.75 Å². The van der Waals surface area contributed by atoms with E-state index in [1.165, 1.54) is 11.1 Å². The van der Waals surface area contributed by atoms with Crippen LogP contribution in [-0.2, 0) is 6.61 Å². The van der Waals surface area contributed by atoms with Crippen molar-refractivity contribution in [2.45, 2.75) is 34.3 Å². The topological polar surface area (TPSA) is 35.3 Å². The number of benzene rings is 1. The SMILES string of the molecule is Cc1cc(C)cc(OCc2nc(C)c(C)o2)c1. The molecule has 0 bridgehead atoms. The zero-order valence-electron chi connectivity index (χ0n) is 10.7. The Bertz CT molecular complexity index is 489. The molecule has 1 aromatic carbocycles. The Morgan fingerprint density at radius 2 is 1.71 bits per heavy atom. The van der Waals surface area contributed by atoms with Gasteiger partial charge in [-0.1, -0.05) is 6.07 Å². The van der Waals surface area contributed by atoms with Gasteiger partial charge >= 0.3 is 0 Å². The Balaban J connectivity index is 2.07. The monoisotopic (exact) mass is 231 g/mol. The number of oxazole rings is 1. The highest BCUT2D eigenvalue weighted by Crippen LogP contribution is 2.18. The van der Waals surface area contributed by atoms with E-state index in [0.717, 1.165) is 17.2 Å². The predicted molar refractivity (Wildman–Crippen MR) is 66.2 cm³/mol. The summed E-state index contributed by atoms with van der Waals surface area (Å²) in [5.41, 5.74) is 3.31. The first-order valence-electron chi connectivity index (χ1n) is 5.68. The Kier molecular flexibility index (Phi) is 3.18. The molecule has 1 aromatic heterocycles. The van der Waals surface area contributed by atoms with Crippen LogP contribution in [0.2, 0.25) is 0 Å². The summed E-state index contributed by atoms with van der Waals surface area (Å²) in [6.45, 7) is 8.32. The highest BCUT2D eigenvalue weighted by atomic mass is 16.5. The highest BCUT2D eigenvalue weighted by Gasteiger charge is 2.06. The number of rotatable bonds is 3. The molecular weight excluding hydrogens is 214 g/mol. The molecule has 17 heavy (non-hydrogen) atoms. The molecule has 0 unspecified atom stereocenters. The molecular formula is C14H17NO2. The molecule has 0 amide bonds. The molecule has 0 radical (unpaired) electrons. The van der Waals surface area contributed by atoms with Crippen LogP contribution in [0, 0.1) is 27.7 Å². The summed E-state index contributed by atoms with van der Waals surface area (Å²) in [7, 11) is 0. The van der Waals surface area contributed by atoms with Gasteiger partial charge in [0, 0.05) is 0 Å². The average molecular weight is 231 g/mol. The van der Waals surface area contributed by atoms with Crippen LogP contribution in [0.1, 0.15) is 28.5 Å². The summed E-state index contributed by atoms with van der Waals surface area (Å²) in [5, 5.41) is 0. The standard InChI is InChI=1S/C14H17NO2/c1-9-5-10(2)7-13(6-9)16-8-14-15-11(3)12(4)17-14/h5-7H,8H2,1-4H3. The Hall–Kier alpha value is -1.77. The summed E-state index contributed by atoms with van der Waals surface area (Å²) in [5.74, 6) is 2.33. The number of ether oxygens (including phenoxy) is 1. The number of nitrogens with zero attached hydrogens (tertiary/aromatic N) is 1. The van der Waals surface area contributed by atoms with Crippen molar-refractivity contribution in [2.75, 3.05) is 0 Å². The predicted octanol–water partition coefficient (Wildman–Crippen LogP) is 3.49. The minimum absolute atomic E-state index is 0.373. The van der Waals surface area contributed by atoms with Crippen molar-refractivity contribution < 1.29 is 9.15 Å². The fraction of sp³-hybridized carbons (Fsp3) is 0.357. The fourth-order valence-electron chi connectivity index (χ4n) is 1.76. The third-order valence-electron chi connectivity index (χ3n) is 2.63. The maximum Gasteiger partial charge on any atom is 0.232 e. The summed E-state index contributed by atoms with van der Waals surface area (Å²) < 4.78 is 11.1. The van der Waals surface area contributed by atoms with E-state index in [9.17, 15) is 0 Å². The second-order valence-electron chi connectivity index (χ2n) is 4.36. The summed E-state index contributed by atoms with van der Waals surface area (Å²) >= 11 is 0. The van der Waals surface area contributed by atoms with E-state index in [1.54, 1.807) is 0 Å². The van der Waals surface area contributed by atoms with E-state index < -0.39 is 0 Å². The number of hydrogen-bond donors (Lipinski definition) is 0. The molecule has 2 rings (SSSR count). The zero-order chi connectivity index (χ0) is 12.4.